The Morgan fingerprint density at radius 1 is 1.00 bits per heavy atom. The molecule has 0 bridgehead atoms. The van der Waals surface area contributed by atoms with Gasteiger partial charge in [0.25, 0.3) is 0 Å². The molecular formula is C17H12INO2. The van der Waals surface area contributed by atoms with E-state index in [4.69, 9.17) is 0 Å². The molecule has 0 spiro atoms. The highest BCUT2D eigenvalue weighted by molar-refractivity contribution is 14.1. The Labute approximate surface area is 136 Å². The fourth-order valence-corrected chi connectivity index (χ4v) is 2.85. The van der Waals surface area contributed by atoms with Gasteiger partial charge in [-0.05, 0) is 52.4 Å². The molecule has 4 heteroatoms. The molecule has 21 heavy (non-hydrogen) atoms. The number of para-hydroxylation sites is 1. The predicted octanol–water partition coefficient (Wildman–Crippen LogP) is 3.90. The standard InChI is InChI=1S/C17H12INO2/c18-14-7-3-1-5-11(14)9-12-10-16(20)19-15-8-4-2-6-13(15)17(12)21/h1-9H,10H2,(H,19,20)/b12-9+. The van der Waals surface area contributed by atoms with Crippen molar-refractivity contribution in [3.05, 3.63) is 68.8 Å². The second-order valence-electron chi connectivity index (χ2n) is 4.79. The van der Waals surface area contributed by atoms with E-state index in [2.05, 4.69) is 27.9 Å². The van der Waals surface area contributed by atoms with Gasteiger partial charge < -0.3 is 5.32 Å². The Kier molecular flexibility index (Phi) is 3.88. The van der Waals surface area contributed by atoms with Crippen LogP contribution >= 0.6 is 22.6 Å². The van der Waals surface area contributed by atoms with Crippen molar-refractivity contribution in [2.45, 2.75) is 6.42 Å². The Bertz CT molecular complexity index is 765. The van der Waals surface area contributed by atoms with Crippen molar-refractivity contribution in [2.75, 3.05) is 5.32 Å². The first-order chi connectivity index (χ1) is 10.1. The highest BCUT2D eigenvalue weighted by Crippen LogP contribution is 2.26. The Morgan fingerprint density at radius 3 is 2.52 bits per heavy atom. The van der Waals surface area contributed by atoms with Crippen molar-refractivity contribution in [3.63, 3.8) is 0 Å². The number of nitrogens with one attached hydrogen (secondary N) is 1. The molecule has 1 N–H and O–H groups in total. The lowest BCUT2D eigenvalue weighted by atomic mass is 9.99. The van der Waals surface area contributed by atoms with Gasteiger partial charge in [-0.15, -0.1) is 0 Å². The largest absolute Gasteiger partial charge is 0.325 e. The van der Waals surface area contributed by atoms with E-state index >= 15 is 0 Å². The van der Waals surface area contributed by atoms with Crippen LogP contribution in [0.5, 0.6) is 0 Å². The molecule has 2 aromatic carbocycles. The molecule has 0 unspecified atom stereocenters. The normalized spacial score (nSPS) is 16.3. The van der Waals surface area contributed by atoms with Crippen LogP contribution < -0.4 is 5.32 Å². The maximum Gasteiger partial charge on any atom is 0.228 e. The summed E-state index contributed by atoms with van der Waals surface area (Å²) >= 11 is 2.22. The third kappa shape index (κ3) is 2.90. The van der Waals surface area contributed by atoms with Crippen LogP contribution in [0.15, 0.2) is 54.1 Å². The summed E-state index contributed by atoms with van der Waals surface area (Å²) in [6.07, 6.45) is 1.91. The third-order valence-corrected chi connectivity index (χ3v) is 4.31. The van der Waals surface area contributed by atoms with Crippen molar-refractivity contribution in [3.8, 4) is 0 Å². The second kappa shape index (κ2) is 5.81. The number of anilines is 1. The SMILES string of the molecule is O=C1C/C(=C\c2ccccc2I)C(=O)c2ccccc2N1. The first-order valence-electron chi connectivity index (χ1n) is 6.54. The number of rotatable bonds is 1. The van der Waals surface area contributed by atoms with E-state index in [0.717, 1.165) is 9.13 Å². The van der Waals surface area contributed by atoms with E-state index < -0.39 is 0 Å². The average molecular weight is 389 g/mol. The molecule has 1 aliphatic heterocycles. The van der Waals surface area contributed by atoms with Crippen LogP contribution in [-0.4, -0.2) is 11.7 Å². The molecule has 1 amide bonds. The molecule has 1 aliphatic rings. The molecule has 0 radical (unpaired) electrons. The number of Topliss-reactive ketones (excluding diaryl/α,β-unsaturated/α-hetero) is 1. The van der Waals surface area contributed by atoms with Gasteiger partial charge in [0, 0.05) is 14.7 Å². The van der Waals surface area contributed by atoms with Gasteiger partial charge in [0.1, 0.15) is 0 Å². The second-order valence-corrected chi connectivity index (χ2v) is 5.95. The summed E-state index contributed by atoms with van der Waals surface area (Å²) in [5.74, 6) is -0.255. The van der Waals surface area contributed by atoms with Crippen molar-refractivity contribution in [1.82, 2.24) is 0 Å². The van der Waals surface area contributed by atoms with E-state index in [1.165, 1.54) is 0 Å². The van der Waals surface area contributed by atoms with Crippen LogP contribution in [0.1, 0.15) is 22.3 Å². The summed E-state index contributed by atoms with van der Waals surface area (Å²) in [7, 11) is 0. The molecule has 0 fully saturated rings. The lowest BCUT2D eigenvalue weighted by Crippen LogP contribution is -2.10. The van der Waals surface area contributed by atoms with Gasteiger partial charge in [-0.3, -0.25) is 9.59 Å². The average Bonchev–Trinajstić information content (AvgIpc) is 2.59. The van der Waals surface area contributed by atoms with Gasteiger partial charge >= 0.3 is 0 Å². The van der Waals surface area contributed by atoms with E-state index in [1.54, 1.807) is 24.3 Å². The zero-order chi connectivity index (χ0) is 14.8. The maximum absolute atomic E-state index is 12.6. The van der Waals surface area contributed by atoms with Crippen LogP contribution in [0.25, 0.3) is 6.08 Å². The minimum atomic E-state index is -0.162. The minimum Gasteiger partial charge on any atom is -0.325 e. The number of halogens is 1. The zero-order valence-electron chi connectivity index (χ0n) is 11.1. The molecule has 0 saturated heterocycles. The van der Waals surface area contributed by atoms with Crippen molar-refractivity contribution in [1.29, 1.82) is 0 Å². The molecule has 3 rings (SSSR count). The van der Waals surface area contributed by atoms with E-state index in [9.17, 15) is 9.59 Å². The fraction of sp³-hybridized carbons (Fsp3) is 0.0588. The number of benzene rings is 2. The number of hydrogen-bond donors (Lipinski definition) is 1. The van der Waals surface area contributed by atoms with Crippen molar-refractivity contribution < 1.29 is 9.59 Å². The molecule has 104 valence electrons. The summed E-state index contributed by atoms with van der Waals surface area (Å²) in [6.45, 7) is 0. The van der Waals surface area contributed by atoms with Crippen LogP contribution in [0.2, 0.25) is 0 Å². The Hall–Kier alpha value is -1.95. The molecule has 0 atom stereocenters. The third-order valence-electron chi connectivity index (χ3n) is 3.32. The Morgan fingerprint density at radius 2 is 1.71 bits per heavy atom. The molecule has 3 nitrogen and oxygen atoms in total. The highest BCUT2D eigenvalue weighted by Gasteiger charge is 2.23. The topological polar surface area (TPSA) is 46.2 Å². The van der Waals surface area contributed by atoms with Crippen molar-refractivity contribution >= 4 is 46.0 Å². The predicted molar refractivity (Wildman–Crippen MR) is 91.2 cm³/mol. The molecule has 0 saturated carbocycles. The Balaban J connectivity index is 2.09. The first kappa shape index (κ1) is 14.0. The zero-order valence-corrected chi connectivity index (χ0v) is 13.3. The summed E-state index contributed by atoms with van der Waals surface area (Å²) < 4.78 is 1.05. The van der Waals surface area contributed by atoms with E-state index in [0.29, 0.717) is 16.8 Å². The minimum absolute atomic E-state index is 0.0939. The van der Waals surface area contributed by atoms with Gasteiger partial charge in [0.2, 0.25) is 5.91 Å². The number of carbonyl (C=O) groups excluding carboxylic acids is 2. The van der Waals surface area contributed by atoms with E-state index in [1.807, 2.05) is 30.3 Å². The molecular weight excluding hydrogens is 377 g/mol. The number of ketones is 1. The number of amides is 1. The van der Waals surface area contributed by atoms with E-state index in [-0.39, 0.29) is 18.1 Å². The van der Waals surface area contributed by atoms with Gasteiger partial charge in [0.15, 0.2) is 5.78 Å². The number of hydrogen-bond acceptors (Lipinski definition) is 2. The molecule has 1 heterocycles. The quantitative estimate of drug-likeness (QED) is 0.594. The van der Waals surface area contributed by atoms with Gasteiger partial charge in [-0.2, -0.15) is 0 Å². The van der Waals surface area contributed by atoms with Crippen LogP contribution in [0.3, 0.4) is 0 Å². The lowest BCUT2D eigenvalue weighted by Gasteiger charge is -2.04. The van der Waals surface area contributed by atoms with Crippen LogP contribution in [-0.2, 0) is 4.79 Å². The lowest BCUT2D eigenvalue weighted by molar-refractivity contribution is -0.115. The summed E-state index contributed by atoms with van der Waals surface area (Å²) in [5.41, 5.74) is 2.59. The van der Waals surface area contributed by atoms with Crippen molar-refractivity contribution in [2.24, 2.45) is 0 Å². The maximum atomic E-state index is 12.6. The summed E-state index contributed by atoms with van der Waals surface area (Å²) in [6, 6.07) is 14.9. The van der Waals surface area contributed by atoms with Gasteiger partial charge in [-0.25, -0.2) is 0 Å². The van der Waals surface area contributed by atoms with Gasteiger partial charge in [0.05, 0.1) is 12.1 Å². The van der Waals surface area contributed by atoms with Gasteiger partial charge in [-0.1, -0.05) is 30.3 Å². The molecule has 2 aromatic rings. The number of fused-ring (bicyclic) bond motifs is 1. The highest BCUT2D eigenvalue weighted by atomic mass is 127. The monoisotopic (exact) mass is 389 g/mol. The smallest absolute Gasteiger partial charge is 0.228 e. The summed E-state index contributed by atoms with van der Waals surface area (Å²) in [5, 5.41) is 2.78. The fourth-order valence-electron chi connectivity index (χ4n) is 2.31. The summed E-state index contributed by atoms with van der Waals surface area (Å²) in [4.78, 5) is 24.6. The van der Waals surface area contributed by atoms with Crippen LogP contribution in [0, 0.1) is 3.57 Å². The first-order valence-corrected chi connectivity index (χ1v) is 7.62. The molecule has 0 aliphatic carbocycles. The van der Waals surface area contributed by atoms with Crippen LogP contribution in [0.4, 0.5) is 5.69 Å². The number of carbonyl (C=O) groups is 2. The molecule has 0 aromatic heterocycles.